The molecule has 10 unspecified atom stereocenters. The van der Waals surface area contributed by atoms with E-state index in [-0.39, 0.29) is 86.6 Å². The van der Waals surface area contributed by atoms with Crippen LogP contribution in [0, 0.1) is 78.8 Å². The molecule has 0 radical (unpaired) electrons. The summed E-state index contributed by atoms with van der Waals surface area (Å²) in [6.07, 6.45) is -10.1. The third-order valence-corrected chi connectivity index (χ3v) is 23.3. The summed E-state index contributed by atoms with van der Waals surface area (Å²) < 4.78 is 147. The Balaban J connectivity index is 0. The van der Waals surface area contributed by atoms with Gasteiger partial charge in [-0.05, 0) is 216 Å². The minimum atomic E-state index is -4.69. The van der Waals surface area contributed by atoms with E-state index in [1.807, 2.05) is 152 Å². The number of hydrogen-bond acceptors (Lipinski definition) is 29. The highest BCUT2D eigenvalue weighted by Crippen LogP contribution is 2.59. The Labute approximate surface area is 756 Å². The zero-order valence-corrected chi connectivity index (χ0v) is 83.8. The fourth-order valence-electron chi connectivity index (χ4n) is 10.9. The number of hydrogen-bond donors (Lipinski definition) is 2. The average Bonchev–Trinajstić information content (AvgIpc) is 1.54. The van der Waals surface area contributed by atoms with E-state index in [9.17, 15) is 98.9 Å². The second-order valence-corrected chi connectivity index (χ2v) is 42.4. The van der Waals surface area contributed by atoms with Gasteiger partial charge >= 0.3 is 90.0 Å². The van der Waals surface area contributed by atoms with Gasteiger partial charge in [0.1, 0.15) is 29.0 Å². The van der Waals surface area contributed by atoms with Gasteiger partial charge in [0, 0.05) is 42.4 Å². The Morgan fingerprint density at radius 3 is 1.12 bits per heavy atom. The molecule has 2 aliphatic heterocycles. The van der Waals surface area contributed by atoms with Crippen LogP contribution in [-0.4, -0.2) is 198 Å². The number of halogens is 6. The Morgan fingerprint density at radius 2 is 0.758 bits per heavy atom. The zero-order valence-electron chi connectivity index (χ0n) is 83.8. The molecular weight excluding hydrogens is 1690 g/mol. The van der Waals surface area contributed by atoms with Crippen molar-refractivity contribution in [3.63, 3.8) is 0 Å². The predicted molar refractivity (Wildman–Crippen MR) is 460 cm³/mol. The van der Waals surface area contributed by atoms with Gasteiger partial charge in [0.05, 0.1) is 83.8 Å². The van der Waals surface area contributed by atoms with Crippen molar-refractivity contribution in [1.82, 2.24) is 0 Å². The summed E-state index contributed by atoms with van der Waals surface area (Å²) >= 11 is 0. The molecule has 0 aromatic rings. The van der Waals surface area contributed by atoms with Crippen molar-refractivity contribution in [1.29, 1.82) is 0 Å². The molecule has 2 N–H and O–H groups in total. The van der Waals surface area contributed by atoms with Crippen molar-refractivity contribution in [2.75, 3.05) is 39.6 Å². The van der Waals surface area contributed by atoms with Gasteiger partial charge in [0.2, 0.25) is 5.79 Å². The lowest BCUT2D eigenvalue weighted by atomic mass is 9.78. The molecule has 4 fully saturated rings. The van der Waals surface area contributed by atoms with Gasteiger partial charge in [-0.1, -0.05) is 96.9 Å². The summed E-state index contributed by atoms with van der Waals surface area (Å²) in [5, 5.41) is 19.0. The molecule has 128 heavy (non-hydrogen) atoms. The summed E-state index contributed by atoms with van der Waals surface area (Å²) in [4.78, 5) is 154. The van der Waals surface area contributed by atoms with E-state index < -0.39 is 180 Å². The first kappa shape index (κ1) is 123. The predicted octanol–water partition coefficient (Wildman–Crippen LogP) is 17.3. The van der Waals surface area contributed by atoms with Crippen molar-refractivity contribution >= 4 is 77.6 Å². The fraction of sp³-hybridized carbons (Fsp3) is 0.860. The van der Waals surface area contributed by atoms with Crippen LogP contribution in [0.25, 0.3) is 0 Å². The molecule has 2 heterocycles. The van der Waals surface area contributed by atoms with Gasteiger partial charge in [0.25, 0.3) is 0 Å². The number of aliphatic hydroxyl groups is 2. The molecule has 0 spiro atoms. The molecule has 2 aliphatic carbocycles. The Morgan fingerprint density at radius 1 is 0.422 bits per heavy atom. The molecule has 2 saturated carbocycles. The van der Waals surface area contributed by atoms with E-state index >= 15 is 0 Å². The smallest absolute Gasteiger partial charge is 0.425 e. The van der Waals surface area contributed by atoms with Gasteiger partial charge in [-0.15, -0.1) is 0 Å². The van der Waals surface area contributed by atoms with Crippen molar-refractivity contribution in [3.05, 3.63) is 0 Å². The Kier molecular flexibility index (Phi) is 45.8. The van der Waals surface area contributed by atoms with Crippen LogP contribution < -0.4 is 0 Å². The molecular formula is C93H158F6O29. The van der Waals surface area contributed by atoms with Crippen molar-refractivity contribution in [3.8, 4) is 0 Å². The van der Waals surface area contributed by atoms with Gasteiger partial charge in [0.15, 0.2) is 30.0 Å². The molecule has 29 nitrogen and oxygen atoms in total. The molecule has 10 atom stereocenters. The number of esters is 13. The second kappa shape index (κ2) is 47.8. The maximum absolute atomic E-state index is 12.7. The lowest BCUT2D eigenvalue weighted by Gasteiger charge is -2.41. The number of carbonyl (C=O) groups is 13. The molecule has 2 bridgehead atoms. The lowest BCUT2D eigenvalue weighted by molar-refractivity contribution is -0.220. The molecule has 746 valence electrons. The zero-order chi connectivity index (χ0) is 101. The highest BCUT2D eigenvalue weighted by Gasteiger charge is 2.71. The normalized spacial score (nSPS) is 20.7. The number of fused-ring (bicyclic) bond motifs is 1. The first-order valence-electron chi connectivity index (χ1n) is 44.0. The number of alkyl halides is 6. The highest BCUT2D eigenvalue weighted by molar-refractivity contribution is 5.87. The van der Waals surface area contributed by atoms with Gasteiger partial charge in [-0.2, -0.15) is 26.3 Å². The van der Waals surface area contributed by atoms with Crippen LogP contribution in [-0.2, 0) is 129 Å². The summed E-state index contributed by atoms with van der Waals surface area (Å²) in [6.45, 7) is 65.3. The van der Waals surface area contributed by atoms with E-state index in [1.54, 1.807) is 69.2 Å². The minimum Gasteiger partial charge on any atom is -0.465 e. The van der Waals surface area contributed by atoms with Crippen molar-refractivity contribution in [2.24, 2.45) is 78.8 Å². The van der Waals surface area contributed by atoms with Gasteiger partial charge in [-0.3, -0.25) is 47.9 Å². The molecule has 2 saturated heterocycles. The minimum absolute atomic E-state index is 0.0790. The van der Waals surface area contributed by atoms with Crippen LogP contribution in [0.2, 0.25) is 0 Å². The van der Waals surface area contributed by atoms with Crippen LogP contribution >= 0.6 is 0 Å². The van der Waals surface area contributed by atoms with Gasteiger partial charge < -0.3 is 76.5 Å². The molecule has 0 aromatic heterocycles. The molecule has 4 aliphatic rings. The van der Waals surface area contributed by atoms with Gasteiger partial charge in [-0.25, -0.2) is 14.4 Å². The molecule has 35 heteroatoms. The van der Waals surface area contributed by atoms with Crippen LogP contribution in [0.1, 0.15) is 327 Å². The third kappa shape index (κ3) is 40.3. The summed E-state index contributed by atoms with van der Waals surface area (Å²) in [5.41, 5.74) is -10.2. The molecule has 0 amide bonds. The SMILES string of the molecule is CCC(C)(C)C(=O)OC(C)(C)C(C)(C)OC(=O)CC(C)C.CCC(C)(C)C(=O)OC1(C)COC(C)(OC(=O)CC(C)C)C1.CCC(C)(C)C(=O)OC1C2CC3C1OC(=O)C3C2C(=O)OC(C)C(F)(F)F.CCC(C)(C)C(=O)OCC(=O)OC(C)C(F)(F)F.CCC(C)(C)C(=O)OCC(C)(C)COC(=O)C(C)(C)O.CCC(C)(C)C(=O)OCC(C)(C)COC(=O)C(C)(C)O. The van der Waals surface area contributed by atoms with Crippen molar-refractivity contribution in [2.45, 2.75) is 398 Å². The van der Waals surface area contributed by atoms with Crippen LogP contribution in [0.5, 0.6) is 0 Å². The van der Waals surface area contributed by atoms with Crippen LogP contribution in [0.4, 0.5) is 26.3 Å². The quantitative estimate of drug-likeness (QED) is 0.0331. The number of rotatable bonds is 37. The fourth-order valence-corrected chi connectivity index (χ4v) is 10.9. The third-order valence-electron chi connectivity index (χ3n) is 23.3. The molecule has 0 aromatic carbocycles. The van der Waals surface area contributed by atoms with E-state index in [2.05, 4.69) is 14.2 Å². The van der Waals surface area contributed by atoms with Crippen LogP contribution in [0.3, 0.4) is 0 Å². The number of carbonyl (C=O) groups excluding carboxylic acids is 13. The van der Waals surface area contributed by atoms with E-state index in [0.717, 1.165) is 6.92 Å². The van der Waals surface area contributed by atoms with Crippen molar-refractivity contribution < 1.29 is 165 Å². The Bertz CT molecular complexity index is 3610. The first-order chi connectivity index (χ1) is 57.2. The molecule has 4 rings (SSSR count). The topological polar surface area (TPSA) is 392 Å². The van der Waals surface area contributed by atoms with E-state index in [1.165, 1.54) is 27.7 Å². The summed E-state index contributed by atoms with van der Waals surface area (Å²) in [7, 11) is 0. The maximum atomic E-state index is 12.7. The standard InChI is InChI=1S/C18H23F3O6.C17H30O5.C17H32O4.2C15H28O5.C11H17F3O4/c1-5-17(3,4)16(24)27-13-9-6-8-11(15(23)26-12(8)13)10(9)14(22)25-7(2)18(19,20)21;1-8-15(4,5)14(19)22-16(6)10-17(7,20-11-16)21-13(18)9-12(2)3;1-10-15(4,5)14(19)21-17(8,9)16(6,7)20-13(18)11-12(2)3;2*1-8-14(4,5)11(16)19-9-13(2,3)10-20-12(17)15(6,7)18;1-5-10(3,4)9(16)17-6-8(15)18-7(2)11(12,13)14/h7-13H,5-6H2,1-4H3;12H,8-11H2,1-7H3;12H,10-11H2,1-9H3;2*18H,8-10H2,1-7H3;7H,5-6H2,1-4H3. The summed E-state index contributed by atoms with van der Waals surface area (Å²) in [6, 6.07) is 0. The first-order valence-corrected chi connectivity index (χ1v) is 44.0. The van der Waals surface area contributed by atoms with E-state index in [4.69, 9.17) is 52.1 Å². The summed E-state index contributed by atoms with van der Waals surface area (Å²) in [5.74, 6) is -10.5. The maximum Gasteiger partial charge on any atom is 0.425 e. The highest BCUT2D eigenvalue weighted by atomic mass is 19.4. The average molecular weight is 1850 g/mol. The van der Waals surface area contributed by atoms with Crippen LogP contribution in [0.15, 0.2) is 0 Å². The number of ether oxygens (including phenoxy) is 14. The lowest BCUT2D eigenvalue weighted by Crippen LogP contribution is -2.52. The second-order valence-electron chi connectivity index (χ2n) is 42.4. The Hall–Kier alpha value is -7.43. The monoisotopic (exact) mass is 1850 g/mol. The largest absolute Gasteiger partial charge is 0.465 e. The van der Waals surface area contributed by atoms with E-state index in [0.29, 0.717) is 71.1 Å².